The average molecular weight is 830 g/mol. The minimum absolute atomic E-state index is 0.566. The minimum Gasteiger partial charge on any atom is -0.455 e. The Morgan fingerprint density at radius 2 is 0.985 bits per heavy atom. The third-order valence-electron chi connectivity index (χ3n) is 12.8. The second kappa shape index (κ2) is 14.5. The summed E-state index contributed by atoms with van der Waals surface area (Å²) in [5, 5.41) is 6.87. The maximum Gasteiger partial charge on any atom is 0.235 e. The smallest absolute Gasteiger partial charge is 0.235 e. The van der Waals surface area contributed by atoms with Crippen molar-refractivity contribution < 1.29 is 4.42 Å². The second-order valence-corrected chi connectivity index (χ2v) is 16.5. The molecule has 0 N–H and O–H groups in total. The van der Waals surface area contributed by atoms with Crippen LogP contribution in [0.1, 0.15) is 0 Å². The molecule has 13 rings (SSSR count). The molecule has 0 radical (unpaired) electrons. The Morgan fingerprint density at radius 3 is 1.80 bits per heavy atom. The molecular formula is C59H35N5O. The molecule has 0 aliphatic rings. The van der Waals surface area contributed by atoms with Gasteiger partial charge in [0.2, 0.25) is 5.95 Å². The van der Waals surface area contributed by atoms with Gasteiger partial charge in [0.25, 0.3) is 0 Å². The van der Waals surface area contributed by atoms with Gasteiger partial charge < -0.3 is 8.98 Å². The fourth-order valence-electron chi connectivity index (χ4n) is 9.73. The van der Waals surface area contributed by atoms with Crippen molar-refractivity contribution in [2.45, 2.75) is 0 Å². The van der Waals surface area contributed by atoms with Crippen LogP contribution in [0.2, 0.25) is 0 Å². The number of furan rings is 1. The molecule has 0 aliphatic heterocycles. The van der Waals surface area contributed by atoms with E-state index in [0.717, 1.165) is 105 Å². The highest BCUT2D eigenvalue weighted by Crippen LogP contribution is 2.40. The SMILES string of the molecule is [C-]#[N+]c1cccc(-c2cc(-c3ccccc3)nc(-n3c4ccccc4c4ccc(-c5ccc6c(c5)c5ccccc5n6-c5ccc(-c6cccc7c6oc6ccccc67)cc5)cc43)n2)c1. The van der Waals surface area contributed by atoms with Gasteiger partial charge in [0.05, 0.1) is 40.0 Å². The van der Waals surface area contributed by atoms with Crippen LogP contribution in [0.25, 0.3) is 127 Å². The van der Waals surface area contributed by atoms with Crippen molar-refractivity contribution in [1.29, 1.82) is 0 Å². The Bertz CT molecular complexity index is 4070. The molecule has 6 nitrogen and oxygen atoms in total. The van der Waals surface area contributed by atoms with Crippen LogP contribution >= 0.6 is 0 Å². The fourth-order valence-corrected chi connectivity index (χ4v) is 9.73. The first-order chi connectivity index (χ1) is 32.2. The Balaban J connectivity index is 0.947. The molecule has 0 unspecified atom stereocenters. The van der Waals surface area contributed by atoms with E-state index in [9.17, 15) is 0 Å². The summed E-state index contributed by atoms with van der Waals surface area (Å²) in [7, 11) is 0. The number of hydrogen-bond acceptors (Lipinski definition) is 3. The van der Waals surface area contributed by atoms with Crippen molar-refractivity contribution in [1.82, 2.24) is 19.1 Å². The zero-order valence-electron chi connectivity index (χ0n) is 34.9. The van der Waals surface area contributed by atoms with Gasteiger partial charge in [-0.3, -0.25) is 4.57 Å². The van der Waals surface area contributed by atoms with Crippen molar-refractivity contribution >= 4 is 71.2 Å². The molecule has 9 aromatic carbocycles. The highest BCUT2D eigenvalue weighted by Gasteiger charge is 2.20. The minimum atomic E-state index is 0.566. The number of benzene rings is 9. The topological polar surface area (TPSA) is 53.1 Å². The fraction of sp³-hybridized carbons (Fsp3) is 0. The quantitative estimate of drug-likeness (QED) is 0.157. The first kappa shape index (κ1) is 36.6. The molecule has 4 aromatic heterocycles. The van der Waals surface area contributed by atoms with Crippen LogP contribution < -0.4 is 0 Å². The number of hydrogen-bond donors (Lipinski definition) is 0. The van der Waals surface area contributed by atoms with Crippen LogP contribution in [0.4, 0.5) is 5.69 Å². The molecule has 6 heteroatoms. The van der Waals surface area contributed by atoms with E-state index in [4.69, 9.17) is 21.0 Å². The van der Waals surface area contributed by atoms with Crippen LogP contribution in [0.15, 0.2) is 217 Å². The molecule has 0 amide bonds. The van der Waals surface area contributed by atoms with E-state index in [1.165, 1.54) is 10.8 Å². The van der Waals surface area contributed by atoms with E-state index in [2.05, 4.69) is 166 Å². The highest BCUT2D eigenvalue weighted by atomic mass is 16.3. The molecule has 13 aromatic rings. The number of fused-ring (bicyclic) bond motifs is 9. The molecule has 0 saturated carbocycles. The Morgan fingerprint density at radius 1 is 0.385 bits per heavy atom. The molecule has 0 fully saturated rings. The third-order valence-corrected chi connectivity index (χ3v) is 12.8. The maximum atomic E-state index is 7.68. The lowest BCUT2D eigenvalue weighted by molar-refractivity contribution is 0.670. The summed E-state index contributed by atoms with van der Waals surface area (Å²) >= 11 is 0. The van der Waals surface area contributed by atoms with Crippen molar-refractivity contribution in [3.05, 3.63) is 224 Å². The van der Waals surface area contributed by atoms with Gasteiger partial charge in [-0.15, -0.1) is 0 Å². The van der Waals surface area contributed by atoms with Crippen molar-refractivity contribution in [2.24, 2.45) is 0 Å². The number of rotatable bonds is 6. The number of para-hydroxylation sites is 4. The van der Waals surface area contributed by atoms with Gasteiger partial charge in [-0.2, -0.15) is 0 Å². The zero-order valence-corrected chi connectivity index (χ0v) is 34.9. The molecule has 0 aliphatic carbocycles. The molecule has 65 heavy (non-hydrogen) atoms. The third kappa shape index (κ3) is 5.87. The van der Waals surface area contributed by atoms with Crippen LogP contribution in [0, 0.1) is 6.57 Å². The normalized spacial score (nSPS) is 11.7. The van der Waals surface area contributed by atoms with E-state index in [1.54, 1.807) is 0 Å². The summed E-state index contributed by atoms with van der Waals surface area (Å²) in [5.74, 6) is 0.566. The van der Waals surface area contributed by atoms with Gasteiger partial charge in [-0.25, -0.2) is 14.8 Å². The van der Waals surface area contributed by atoms with Gasteiger partial charge in [0, 0.05) is 49.1 Å². The van der Waals surface area contributed by atoms with E-state index in [-0.39, 0.29) is 0 Å². The summed E-state index contributed by atoms with van der Waals surface area (Å²) in [6.45, 7) is 7.68. The van der Waals surface area contributed by atoms with Gasteiger partial charge in [-0.1, -0.05) is 152 Å². The standard InChI is InChI=1S/C59H35N5O/c1-60-42-16-11-15-41(33-42)52-36-51(38-13-3-2-4-14-38)61-59(62-52)64-54-23-9-5-17-45(54)47-31-27-40(35-56(47)64)39-28-32-55-50(34-39)46-18-6-8-22-53(46)63(55)43-29-25-37(26-30-43)44-20-12-21-49-48-19-7-10-24-57(48)65-58(44)49/h2-36H. The second-order valence-electron chi connectivity index (χ2n) is 16.5. The van der Waals surface area contributed by atoms with Crippen molar-refractivity contribution in [3.8, 4) is 56.4 Å². The Labute approximate surface area is 373 Å². The Kier molecular flexibility index (Phi) is 8.17. The van der Waals surface area contributed by atoms with Crippen LogP contribution in [-0.4, -0.2) is 19.1 Å². The van der Waals surface area contributed by atoms with Gasteiger partial charge in [0.1, 0.15) is 11.2 Å². The molecule has 0 spiro atoms. The monoisotopic (exact) mass is 829 g/mol. The summed E-state index contributed by atoms with van der Waals surface area (Å²) < 4.78 is 11.0. The summed E-state index contributed by atoms with van der Waals surface area (Å²) in [4.78, 5) is 14.2. The predicted molar refractivity (Wildman–Crippen MR) is 266 cm³/mol. The lowest BCUT2D eigenvalue weighted by Gasteiger charge is -2.12. The lowest BCUT2D eigenvalue weighted by atomic mass is 10.0. The zero-order chi connectivity index (χ0) is 43.0. The van der Waals surface area contributed by atoms with Gasteiger partial charge in [0.15, 0.2) is 5.69 Å². The number of aromatic nitrogens is 4. The highest BCUT2D eigenvalue weighted by molar-refractivity contribution is 6.13. The largest absolute Gasteiger partial charge is 0.455 e. The van der Waals surface area contributed by atoms with Crippen LogP contribution in [0.3, 0.4) is 0 Å². The lowest BCUT2D eigenvalue weighted by Crippen LogP contribution is -2.04. The van der Waals surface area contributed by atoms with Crippen LogP contribution in [-0.2, 0) is 0 Å². The number of nitrogens with zero attached hydrogens (tertiary/aromatic N) is 5. The van der Waals surface area contributed by atoms with E-state index >= 15 is 0 Å². The first-order valence-electron chi connectivity index (χ1n) is 21.7. The summed E-state index contributed by atoms with van der Waals surface area (Å²) in [5.41, 5.74) is 15.6. The van der Waals surface area contributed by atoms with Gasteiger partial charge in [-0.05, 0) is 82.9 Å². The predicted octanol–water partition coefficient (Wildman–Crippen LogP) is 15.8. The summed E-state index contributed by atoms with van der Waals surface area (Å²) in [6, 6.07) is 74.0. The average Bonchev–Trinajstić information content (AvgIpc) is 4.04. The van der Waals surface area contributed by atoms with Crippen LogP contribution in [0.5, 0.6) is 0 Å². The van der Waals surface area contributed by atoms with E-state index in [1.807, 2.05) is 60.7 Å². The van der Waals surface area contributed by atoms with E-state index in [0.29, 0.717) is 11.6 Å². The van der Waals surface area contributed by atoms with E-state index < -0.39 is 0 Å². The molecule has 0 atom stereocenters. The first-order valence-corrected chi connectivity index (χ1v) is 21.7. The molecule has 0 bridgehead atoms. The van der Waals surface area contributed by atoms with Crippen molar-refractivity contribution in [2.75, 3.05) is 0 Å². The molecule has 4 heterocycles. The molecule has 302 valence electrons. The molecule has 0 saturated heterocycles. The summed E-state index contributed by atoms with van der Waals surface area (Å²) in [6.07, 6.45) is 0. The maximum absolute atomic E-state index is 7.68. The molecular weight excluding hydrogens is 795 g/mol. The van der Waals surface area contributed by atoms with Gasteiger partial charge >= 0.3 is 0 Å². The van der Waals surface area contributed by atoms with Crippen molar-refractivity contribution in [3.63, 3.8) is 0 Å². The Hall–Kier alpha value is -9.05.